The first-order chi connectivity index (χ1) is 12.1. The molecule has 0 aliphatic heterocycles. The van der Waals surface area contributed by atoms with E-state index in [-0.39, 0.29) is 18.6 Å². The Labute approximate surface area is 145 Å². The summed E-state index contributed by atoms with van der Waals surface area (Å²) in [6.07, 6.45) is 0.0940. The fraction of sp³-hybridized carbons (Fsp3) is 0.222. The minimum Gasteiger partial charge on any atom is -0.491 e. The Morgan fingerprint density at radius 2 is 1.84 bits per heavy atom. The van der Waals surface area contributed by atoms with Crippen LogP contribution in [0.1, 0.15) is 30.0 Å². The van der Waals surface area contributed by atoms with E-state index in [0.29, 0.717) is 11.4 Å². The lowest BCUT2D eigenvalue weighted by Gasteiger charge is -2.10. The largest absolute Gasteiger partial charge is 0.491 e. The van der Waals surface area contributed by atoms with Gasteiger partial charge in [0.15, 0.2) is 5.82 Å². The number of tetrazole rings is 1. The van der Waals surface area contributed by atoms with Crippen molar-refractivity contribution in [1.29, 1.82) is 0 Å². The van der Waals surface area contributed by atoms with Gasteiger partial charge in [-0.05, 0) is 60.7 Å². The predicted molar refractivity (Wildman–Crippen MR) is 92.5 cm³/mol. The van der Waals surface area contributed by atoms with Crippen molar-refractivity contribution in [3.05, 3.63) is 66.0 Å². The van der Waals surface area contributed by atoms with Crippen LogP contribution >= 0.6 is 0 Å². The average molecular weight is 337 g/mol. The van der Waals surface area contributed by atoms with Crippen LogP contribution in [0.3, 0.4) is 0 Å². The van der Waals surface area contributed by atoms with Crippen molar-refractivity contribution >= 4 is 5.91 Å². The van der Waals surface area contributed by atoms with Gasteiger partial charge in [-0.25, -0.2) is 0 Å². The van der Waals surface area contributed by atoms with Crippen molar-refractivity contribution in [2.24, 2.45) is 0 Å². The van der Waals surface area contributed by atoms with Crippen molar-refractivity contribution in [2.45, 2.75) is 26.5 Å². The molecule has 0 aliphatic rings. The van der Waals surface area contributed by atoms with E-state index >= 15 is 0 Å². The van der Waals surface area contributed by atoms with Crippen LogP contribution in [0.15, 0.2) is 54.6 Å². The Morgan fingerprint density at radius 3 is 2.52 bits per heavy atom. The van der Waals surface area contributed by atoms with Gasteiger partial charge in [0.25, 0.3) is 5.91 Å². The van der Waals surface area contributed by atoms with Gasteiger partial charge in [-0.2, -0.15) is 4.68 Å². The summed E-state index contributed by atoms with van der Waals surface area (Å²) in [5, 5.41) is 14.4. The molecule has 7 nitrogen and oxygen atoms in total. The maximum atomic E-state index is 12.3. The van der Waals surface area contributed by atoms with Gasteiger partial charge < -0.3 is 10.1 Å². The fourth-order valence-electron chi connectivity index (χ4n) is 2.30. The molecule has 1 N–H and O–H groups in total. The topological polar surface area (TPSA) is 81.9 Å². The molecule has 1 heterocycles. The number of hydrogen-bond acceptors (Lipinski definition) is 5. The number of aromatic nitrogens is 4. The molecule has 0 bridgehead atoms. The summed E-state index contributed by atoms with van der Waals surface area (Å²) in [5.41, 5.74) is 1.39. The SMILES string of the molecule is CC(C)Oc1ccc(C(=O)NCc2nnnn2-c2ccccc2)cc1. The van der Waals surface area contributed by atoms with E-state index in [4.69, 9.17) is 4.74 Å². The van der Waals surface area contributed by atoms with Gasteiger partial charge in [0, 0.05) is 5.56 Å². The predicted octanol–water partition coefficient (Wildman–Crippen LogP) is 2.38. The van der Waals surface area contributed by atoms with E-state index in [9.17, 15) is 4.79 Å². The zero-order chi connectivity index (χ0) is 17.6. The molecular formula is C18H19N5O2. The molecule has 1 aromatic heterocycles. The van der Waals surface area contributed by atoms with E-state index < -0.39 is 0 Å². The number of para-hydroxylation sites is 1. The number of carbonyl (C=O) groups excluding carboxylic acids is 1. The highest BCUT2D eigenvalue weighted by Crippen LogP contribution is 2.14. The quantitative estimate of drug-likeness (QED) is 0.747. The smallest absolute Gasteiger partial charge is 0.251 e. The van der Waals surface area contributed by atoms with Crippen LogP contribution < -0.4 is 10.1 Å². The molecule has 0 saturated carbocycles. The third-order valence-corrected chi connectivity index (χ3v) is 3.43. The standard InChI is InChI=1S/C18H19N5O2/c1-13(2)25-16-10-8-14(9-11-16)18(24)19-12-17-20-21-22-23(17)15-6-4-3-5-7-15/h3-11,13H,12H2,1-2H3,(H,19,24). The minimum atomic E-state index is -0.196. The van der Waals surface area contributed by atoms with E-state index in [0.717, 1.165) is 11.4 Å². The fourth-order valence-corrected chi connectivity index (χ4v) is 2.30. The molecular weight excluding hydrogens is 318 g/mol. The molecule has 0 radical (unpaired) electrons. The van der Waals surface area contributed by atoms with Crippen molar-refractivity contribution in [3.63, 3.8) is 0 Å². The number of benzene rings is 2. The number of nitrogens with one attached hydrogen (secondary N) is 1. The molecule has 0 unspecified atom stereocenters. The lowest BCUT2D eigenvalue weighted by atomic mass is 10.2. The van der Waals surface area contributed by atoms with Gasteiger partial charge in [-0.1, -0.05) is 18.2 Å². The Bertz CT molecular complexity index is 828. The average Bonchev–Trinajstić information content (AvgIpc) is 3.09. The first-order valence-electron chi connectivity index (χ1n) is 8.01. The summed E-state index contributed by atoms with van der Waals surface area (Å²) in [6.45, 7) is 4.14. The van der Waals surface area contributed by atoms with Gasteiger partial charge in [0.05, 0.1) is 18.3 Å². The molecule has 2 aromatic carbocycles. The van der Waals surface area contributed by atoms with Gasteiger partial charge in [0.2, 0.25) is 0 Å². The number of ether oxygens (including phenoxy) is 1. The van der Waals surface area contributed by atoms with Crippen molar-refractivity contribution in [3.8, 4) is 11.4 Å². The van der Waals surface area contributed by atoms with Crippen LogP contribution in [0.4, 0.5) is 0 Å². The molecule has 0 spiro atoms. The third-order valence-electron chi connectivity index (χ3n) is 3.43. The van der Waals surface area contributed by atoms with Gasteiger partial charge in [-0.3, -0.25) is 4.79 Å². The number of carbonyl (C=O) groups is 1. The lowest BCUT2D eigenvalue weighted by molar-refractivity contribution is 0.0949. The normalized spacial score (nSPS) is 10.7. The van der Waals surface area contributed by atoms with Gasteiger partial charge >= 0.3 is 0 Å². The van der Waals surface area contributed by atoms with E-state index in [1.807, 2.05) is 44.2 Å². The van der Waals surface area contributed by atoms with E-state index in [1.54, 1.807) is 28.9 Å². The monoisotopic (exact) mass is 337 g/mol. The number of rotatable bonds is 6. The number of nitrogens with zero attached hydrogens (tertiary/aromatic N) is 4. The maximum absolute atomic E-state index is 12.3. The Balaban J connectivity index is 1.64. The first kappa shape index (κ1) is 16.6. The van der Waals surface area contributed by atoms with Crippen LogP contribution in [0, 0.1) is 0 Å². The highest BCUT2D eigenvalue weighted by molar-refractivity contribution is 5.94. The van der Waals surface area contributed by atoms with Crippen LogP contribution in [0.5, 0.6) is 5.75 Å². The summed E-state index contributed by atoms with van der Waals surface area (Å²) in [5.74, 6) is 1.09. The second kappa shape index (κ2) is 7.57. The third kappa shape index (κ3) is 4.20. The van der Waals surface area contributed by atoms with Crippen LogP contribution in [-0.2, 0) is 6.54 Å². The van der Waals surface area contributed by atoms with Crippen molar-refractivity contribution < 1.29 is 9.53 Å². The van der Waals surface area contributed by atoms with Crippen LogP contribution in [0.25, 0.3) is 5.69 Å². The van der Waals surface area contributed by atoms with Crippen LogP contribution in [0.2, 0.25) is 0 Å². The molecule has 0 saturated heterocycles. The van der Waals surface area contributed by atoms with Crippen LogP contribution in [-0.4, -0.2) is 32.2 Å². The Kier molecular flexibility index (Phi) is 5.03. The van der Waals surface area contributed by atoms with Gasteiger partial charge in [0.1, 0.15) is 5.75 Å². The second-order valence-electron chi connectivity index (χ2n) is 5.72. The number of amides is 1. The first-order valence-corrected chi connectivity index (χ1v) is 8.01. The zero-order valence-corrected chi connectivity index (χ0v) is 14.1. The summed E-state index contributed by atoms with van der Waals surface area (Å²) in [4.78, 5) is 12.3. The zero-order valence-electron chi connectivity index (χ0n) is 14.1. The summed E-state index contributed by atoms with van der Waals surface area (Å²) in [7, 11) is 0. The second-order valence-corrected chi connectivity index (χ2v) is 5.72. The summed E-state index contributed by atoms with van der Waals surface area (Å²) in [6, 6.07) is 16.5. The molecule has 7 heteroatoms. The molecule has 128 valence electrons. The van der Waals surface area contributed by atoms with E-state index in [2.05, 4.69) is 20.8 Å². The highest BCUT2D eigenvalue weighted by Gasteiger charge is 2.11. The molecule has 3 rings (SSSR count). The minimum absolute atomic E-state index is 0.0940. The maximum Gasteiger partial charge on any atom is 0.251 e. The van der Waals surface area contributed by atoms with Crippen molar-refractivity contribution in [1.82, 2.24) is 25.5 Å². The molecule has 0 aliphatic carbocycles. The van der Waals surface area contributed by atoms with Crippen molar-refractivity contribution in [2.75, 3.05) is 0 Å². The highest BCUT2D eigenvalue weighted by atomic mass is 16.5. The summed E-state index contributed by atoms with van der Waals surface area (Å²) < 4.78 is 7.17. The molecule has 25 heavy (non-hydrogen) atoms. The lowest BCUT2D eigenvalue weighted by Crippen LogP contribution is -2.24. The Morgan fingerprint density at radius 1 is 1.12 bits per heavy atom. The van der Waals surface area contributed by atoms with Gasteiger partial charge in [-0.15, -0.1) is 5.10 Å². The number of hydrogen-bond donors (Lipinski definition) is 1. The molecule has 3 aromatic rings. The Hall–Kier alpha value is -3.22. The molecule has 1 amide bonds. The summed E-state index contributed by atoms with van der Waals surface area (Å²) >= 11 is 0. The molecule has 0 fully saturated rings. The molecule has 0 atom stereocenters. The van der Waals surface area contributed by atoms with E-state index in [1.165, 1.54) is 0 Å².